The van der Waals surface area contributed by atoms with E-state index in [4.69, 9.17) is 9.40 Å². The van der Waals surface area contributed by atoms with Crippen LogP contribution in [0.5, 0.6) is 0 Å². The van der Waals surface area contributed by atoms with Gasteiger partial charge < -0.3 is 9.32 Å². The summed E-state index contributed by atoms with van der Waals surface area (Å²) >= 11 is 0. The summed E-state index contributed by atoms with van der Waals surface area (Å²) in [5.74, 6) is 0.622. The van der Waals surface area contributed by atoms with E-state index >= 15 is 0 Å². The zero-order valence-electron chi connectivity index (χ0n) is 44.0. The first-order valence-corrected chi connectivity index (χ1v) is 26.8. The highest BCUT2D eigenvalue weighted by Gasteiger charge is 2.18. The molecule has 3 heteroatoms. The molecule has 3 nitrogen and oxygen atoms in total. The summed E-state index contributed by atoms with van der Waals surface area (Å²) in [5.41, 5.74) is 24.8. The number of benzene rings is 12. The molecule has 0 saturated heterocycles. The van der Waals surface area contributed by atoms with Crippen molar-refractivity contribution in [3.05, 3.63) is 321 Å². The van der Waals surface area contributed by atoms with Crippen LogP contribution in [0.4, 0.5) is 17.1 Å². The maximum absolute atomic E-state index is 6.09. The van der Waals surface area contributed by atoms with E-state index in [1.165, 1.54) is 72.3 Å². The van der Waals surface area contributed by atoms with E-state index in [2.05, 4.69) is 285 Å². The summed E-state index contributed by atoms with van der Waals surface area (Å²) in [6.07, 6.45) is 1.87. The minimum atomic E-state index is 0.622. The molecule has 79 heavy (non-hydrogen) atoms. The van der Waals surface area contributed by atoms with Crippen molar-refractivity contribution in [1.29, 1.82) is 0 Å². The Morgan fingerprint density at radius 3 is 0.987 bits per heavy atom. The number of anilines is 3. The first kappa shape index (κ1) is 49.5. The van der Waals surface area contributed by atoms with Crippen molar-refractivity contribution in [1.82, 2.24) is 4.98 Å². The fraction of sp³-hybridized carbons (Fsp3) is 0.0132. The van der Waals surface area contributed by atoms with Crippen LogP contribution in [0.2, 0.25) is 0 Å². The molecule has 0 fully saturated rings. The number of hydrogen-bond acceptors (Lipinski definition) is 3. The van der Waals surface area contributed by atoms with Gasteiger partial charge in [0.05, 0.1) is 0 Å². The predicted octanol–water partition coefficient (Wildman–Crippen LogP) is 21.3. The lowest BCUT2D eigenvalue weighted by atomic mass is 9.89. The van der Waals surface area contributed by atoms with Crippen molar-refractivity contribution in [3.63, 3.8) is 0 Å². The third kappa shape index (κ3) is 10.6. The summed E-state index contributed by atoms with van der Waals surface area (Å²) in [6, 6.07) is 108. The summed E-state index contributed by atoms with van der Waals surface area (Å²) in [5, 5.41) is 0. The largest absolute Gasteiger partial charge is 0.436 e. The van der Waals surface area contributed by atoms with Crippen LogP contribution in [0, 0.1) is 6.92 Å². The minimum Gasteiger partial charge on any atom is -0.436 e. The van der Waals surface area contributed by atoms with Gasteiger partial charge in [0.25, 0.3) is 0 Å². The van der Waals surface area contributed by atoms with Crippen LogP contribution in [-0.2, 0) is 0 Å². The number of oxazole rings is 1. The van der Waals surface area contributed by atoms with Crippen molar-refractivity contribution in [2.24, 2.45) is 0 Å². The Labute approximate surface area is 463 Å². The lowest BCUT2D eigenvalue weighted by Gasteiger charge is -2.26. The van der Waals surface area contributed by atoms with Gasteiger partial charge in [-0.3, -0.25) is 0 Å². The molecule has 13 aromatic rings. The Balaban J connectivity index is 0.000000632. The molecule has 0 aliphatic carbocycles. The van der Waals surface area contributed by atoms with Crippen LogP contribution in [-0.4, -0.2) is 4.98 Å². The standard InChI is InChI=1S/C67H46N2O.C9H10/c1-3-17-47(18-4-1)57-21-7-9-23-59(57)50-35-41-54(42-36-50)69(55-43-37-51(38-44-55)60-24-10-8-22-58(60)48-19-5-2-6-20-48)56-45-39-52(40-46-56)62-26-12-14-28-64(62)63-27-13-11-25-61(63)49-31-33-53(34-32-49)67-68-65-29-15-16-30-66(65)70-67;1-3-9-7-5-4-6-8(9)2/h1-46H;3-7H,1H2,2H3. The Bertz CT molecular complexity index is 4020. The summed E-state index contributed by atoms with van der Waals surface area (Å²) in [7, 11) is 0. The minimum absolute atomic E-state index is 0.622. The van der Waals surface area contributed by atoms with Crippen LogP contribution in [0.15, 0.2) is 314 Å². The summed E-state index contributed by atoms with van der Waals surface area (Å²) in [6.45, 7) is 5.77. The van der Waals surface area contributed by atoms with Gasteiger partial charge >= 0.3 is 0 Å². The zero-order chi connectivity index (χ0) is 53.3. The topological polar surface area (TPSA) is 29.3 Å². The maximum Gasteiger partial charge on any atom is 0.227 e. The Morgan fingerprint density at radius 2 is 0.608 bits per heavy atom. The van der Waals surface area contributed by atoms with E-state index in [1.807, 2.05) is 42.5 Å². The number of aryl methyl sites for hydroxylation is 1. The number of aromatic nitrogens is 1. The normalized spacial score (nSPS) is 10.9. The second-order valence-corrected chi connectivity index (χ2v) is 19.5. The second kappa shape index (κ2) is 22.9. The van der Waals surface area contributed by atoms with Crippen LogP contribution < -0.4 is 4.90 Å². The van der Waals surface area contributed by atoms with E-state index in [9.17, 15) is 0 Å². The Hall–Kier alpha value is -10.4. The number of hydrogen-bond donors (Lipinski definition) is 0. The molecule has 376 valence electrons. The zero-order valence-corrected chi connectivity index (χ0v) is 44.0. The molecular formula is C76H56N2O. The molecule has 0 radical (unpaired) electrons. The van der Waals surface area contributed by atoms with Crippen LogP contribution >= 0.6 is 0 Å². The van der Waals surface area contributed by atoms with Crippen LogP contribution in [0.25, 0.3) is 107 Å². The average molecular weight is 1010 g/mol. The molecule has 0 spiro atoms. The van der Waals surface area contributed by atoms with Gasteiger partial charge in [0.15, 0.2) is 5.58 Å². The smallest absolute Gasteiger partial charge is 0.227 e. The highest BCUT2D eigenvalue weighted by atomic mass is 16.3. The Morgan fingerprint density at radius 1 is 0.304 bits per heavy atom. The van der Waals surface area contributed by atoms with E-state index < -0.39 is 0 Å². The molecule has 13 rings (SSSR count). The van der Waals surface area contributed by atoms with Gasteiger partial charge in [0, 0.05) is 22.6 Å². The summed E-state index contributed by atoms with van der Waals surface area (Å²) < 4.78 is 6.09. The highest BCUT2D eigenvalue weighted by Crippen LogP contribution is 2.43. The van der Waals surface area contributed by atoms with Gasteiger partial charge in [-0.25, -0.2) is 4.98 Å². The Kier molecular flexibility index (Phi) is 14.3. The van der Waals surface area contributed by atoms with Crippen molar-refractivity contribution < 1.29 is 4.42 Å². The first-order chi connectivity index (χ1) is 39.1. The quantitative estimate of drug-likeness (QED) is 0.122. The van der Waals surface area contributed by atoms with Gasteiger partial charge in [0.1, 0.15) is 5.52 Å². The maximum atomic E-state index is 6.09. The van der Waals surface area contributed by atoms with Gasteiger partial charge in [0.2, 0.25) is 5.89 Å². The number of nitrogens with zero attached hydrogens (tertiary/aromatic N) is 2. The molecule has 0 N–H and O–H groups in total. The second-order valence-electron chi connectivity index (χ2n) is 19.5. The van der Waals surface area contributed by atoms with Gasteiger partial charge in [-0.1, -0.05) is 255 Å². The van der Waals surface area contributed by atoms with E-state index in [-0.39, 0.29) is 0 Å². The number of para-hydroxylation sites is 2. The summed E-state index contributed by atoms with van der Waals surface area (Å²) in [4.78, 5) is 7.09. The lowest BCUT2D eigenvalue weighted by molar-refractivity contribution is 0.620. The molecule has 0 saturated carbocycles. The first-order valence-electron chi connectivity index (χ1n) is 26.8. The fourth-order valence-corrected chi connectivity index (χ4v) is 10.6. The monoisotopic (exact) mass is 1010 g/mol. The number of fused-ring (bicyclic) bond motifs is 1. The van der Waals surface area contributed by atoms with Crippen molar-refractivity contribution in [2.75, 3.05) is 4.90 Å². The average Bonchev–Trinajstić information content (AvgIpc) is 4.05. The molecule has 0 atom stereocenters. The van der Waals surface area contributed by atoms with Crippen LogP contribution in [0.3, 0.4) is 0 Å². The molecule has 0 amide bonds. The van der Waals surface area contributed by atoms with E-state index in [0.29, 0.717) is 5.89 Å². The fourth-order valence-electron chi connectivity index (χ4n) is 10.6. The molecule has 12 aromatic carbocycles. The van der Waals surface area contributed by atoms with Gasteiger partial charge in [-0.2, -0.15) is 0 Å². The van der Waals surface area contributed by atoms with Gasteiger partial charge in [-0.05, 0) is 157 Å². The predicted molar refractivity (Wildman–Crippen MR) is 333 cm³/mol. The van der Waals surface area contributed by atoms with Crippen LogP contribution in [0.1, 0.15) is 11.1 Å². The SMILES string of the molecule is C=Cc1ccccc1C.c1ccc(-c2ccccc2-c2ccc(N(c3ccc(-c4ccccc4-c4ccccc4)cc3)c3ccc(-c4ccccc4-c4ccccc4-c4ccc(-c5nc6ccccc6o5)cc4)cc3)cc2)cc1. The molecule has 1 heterocycles. The van der Waals surface area contributed by atoms with Gasteiger partial charge in [-0.15, -0.1) is 0 Å². The van der Waals surface area contributed by atoms with E-state index in [1.54, 1.807) is 0 Å². The van der Waals surface area contributed by atoms with Crippen molar-refractivity contribution in [3.8, 4) is 89.3 Å². The molecular weight excluding hydrogens is 957 g/mol. The third-order valence-electron chi connectivity index (χ3n) is 14.6. The van der Waals surface area contributed by atoms with E-state index in [0.717, 1.165) is 50.4 Å². The number of rotatable bonds is 12. The van der Waals surface area contributed by atoms with Crippen molar-refractivity contribution in [2.45, 2.75) is 6.92 Å². The highest BCUT2D eigenvalue weighted by molar-refractivity contribution is 5.93. The molecule has 0 bridgehead atoms. The molecule has 0 aliphatic rings. The molecule has 1 aromatic heterocycles. The molecule has 0 aliphatic heterocycles. The molecule has 0 unspecified atom stereocenters. The third-order valence-corrected chi connectivity index (χ3v) is 14.6. The van der Waals surface area contributed by atoms with Crippen molar-refractivity contribution >= 4 is 34.2 Å². The lowest BCUT2D eigenvalue weighted by Crippen LogP contribution is -2.09.